The van der Waals surface area contributed by atoms with Crippen molar-refractivity contribution < 1.29 is 14.3 Å². The molecule has 144 valence electrons. The monoisotopic (exact) mass is 388 g/mol. The molecule has 0 radical (unpaired) electrons. The summed E-state index contributed by atoms with van der Waals surface area (Å²) in [6.07, 6.45) is 0.162. The van der Waals surface area contributed by atoms with E-state index in [1.165, 1.54) is 7.11 Å². The number of nitrogens with one attached hydrogen (secondary N) is 2. The van der Waals surface area contributed by atoms with Crippen LogP contribution >= 0.6 is 11.6 Å². The van der Waals surface area contributed by atoms with Gasteiger partial charge in [-0.05, 0) is 41.3 Å². The Morgan fingerprint density at radius 3 is 2.30 bits per heavy atom. The SMILES string of the molecule is COc1ccc(NC(=O)CCNC(=O)c2ccc(C(C)(C)C)cc2)cc1Cl. The first kappa shape index (κ1) is 20.8. The number of methoxy groups -OCH3 is 1. The van der Waals surface area contributed by atoms with Crippen LogP contribution in [0.3, 0.4) is 0 Å². The number of halogens is 1. The maximum atomic E-state index is 12.2. The Hall–Kier alpha value is -2.53. The van der Waals surface area contributed by atoms with E-state index in [2.05, 4.69) is 31.4 Å². The molecular formula is C21H25ClN2O3. The Morgan fingerprint density at radius 2 is 1.74 bits per heavy atom. The third-order valence-corrected chi connectivity index (χ3v) is 4.38. The van der Waals surface area contributed by atoms with Gasteiger partial charge in [-0.1, -0.05) is 44.5 Å². The summed E-state index contributed by atoms with van der Waals surface area (Å²) in [5, 5.41) is 5.92. The minimum Gasteiger partial charge on any atom is -0.495 e. The van der Waals surface area contributed by atoms with E-state index in [4.69, 9.17) is 16.3 Å². The first-order chi connectivity index (χ1) is 12.7. The molecule has 0 bridgehead atoms. The lowest BCUT2D eigenvalue weighted by molar-refractivity contribution is -0.116. The fourth-order valence-electron chi connectivity index (χ4n) is 2.48. The predicted octanol–water partition coefficient (Wildman–Crippen LogP) is 4.40. The fraction of sp³-hybridized carbons (Fsp3) is 0.333. The number of benzene rings is 2. The number of rotatable bonds is 6. The van der Waals surface area contributed by atoms with Crippen molar-refractivity contribution in [2.75, 3.05) is 19.0 Å². The Balaban J connectivity index is 1.82. The normalized spacial score (nSPS) is 11.0. The fourth-order valence-corrected chi connectivity index (χ4v) is 2.74. The Kier molecular flexibility index (Phi) is 6.86. The quantitative estimate of drug-likeness (QED) is 0.770. The Bertz CT molecular complexity index is 811. The largest absolute Gasteiger partial charge is 0.495 e. The van der Waals surface area contributed by atoms with Gasteiger partial charge in [0.2, 0.25) is 5.91 Å². The average molecular weight is 389 g/mol. The third kappa shape index (κ3) is 6.00. The summed E-state index contributed by atoms with van der Waals surface area (Å²) in [5.74, 6) is 0.134. The van der Waals surface area contributed by atoms with Crippen LogP contribution in [0.4, 0.5) is 5.69 Å². The van der Waals surface area contributed by atoms with E-state index in [9.17, 15) is 9.59 Å². The van der Waals surface area contributed by atoms with Crippen LogP contribution in [-0.4, -0.2) is 25.5 Å². The number of anilines is 1. The number of carbonyl (C=O) groups is 2. The van der Waals surface area contributed by atoms with Crippen molar-refractivity contribution in [2.45, 2.75) is 32.6 Å². The van der Waals surface area contributed by atoms with Gasteiger partial charge >= 0.3 is 0 Å². The van der Waals surface area contributed by atoms with E-state index >= 15 is 0 Å². The molecule has 0 spiro atoms. The molecule has 0 fully saturated rings. The molecule has 0 heterocycles. The molecular weight excluding hydrogens is 364 g/mol. The molecule has 27 heavy (non-hydrogen) atoms. The molecule has 2 N–H and O–H groups in total. The maximum Gasteiger partial charge on any atom is 0.251 e. The predicted molar refractivity (Wildman–Crippen MR) is 109 cm³/mol. The molecule has 2 amide bonds. The maximum absolute atomic E-state index is 12.2. The molecule has 0 unspecified atom stereocenters. The van der Waals surface area contributed by atoms with E-state index < -0.39 is 0 Å². The van der Waals surface area contributed by atoms with Crippen LogP contribution in [0, 0.1) is 0 Å². The summed E-state index contributed by atoms with van der Waals surface area (Å²) in [5.41, 5.74) is 2.36. The summed E-state index contributed by atoms with van der Waals surface area (Å²) in [6, 6.07) is 12.5. The van der Waals surface area contributed by atoms with Gasteiger partial charge in [-0.25, -0.2) is 0 Å². The molecule has 5 nitrogen and oxygen atoms in total. The van der Waals surface area contributed by atoms with Crippen molar-refractivity contribution in [3.05, 3.63) is 58.6 Å². The Morgan fingerprint density at radius 1 is 1.07 bits per heavy atom. The van der Waals surface area contributed by atoms with Gasteiger partial charge in [-0.15, -0.1) is 0 Å². The molecule has 0 aliphatic heterocycles. The summed E-state index contributed by atoms with van der Waals surface area (Å²) in [7, 11) is 1.53. The first-order valence-electron chi connectivity index (χ1n) is 8.73. The molecule has 6 heteroatoms. The smallest absolute Gasteiger partial charge is 0.251 e. The van der Waals surface area contributed by atoms with Crippen molar-refractivity contribution in [3.8, 4) is 5.75 Å². The topological polar surface area (TPSA) is 67.4 Å². The average Bonchev–Trinajstić information content (AvgIpc) is 2.61. The number of amides is 2. The Labute approximate surface area is 165 Å². The highest BCUT2D eigenvalue weighted by Crippen LogP contribution is 2.27. The second kappa shape index (κ2) is 8.91. The van der Waals surface area contributed by atoms with Crippen LogP contribution in [0.5, 0.6) is 5.75 Å². The lowest BCUT2D eigenvalue weighted by Crippen LogP contribution is -2.27. The molecule has 0 saturated carbocycles. The highest BCUT2D eigenvalue weighted by molar-refractivity contribution is 6.32. The summed E-state index contributed by atoms with van der Waals surface area (Å²) in [6.45, 7) is 6.61. The van der Waals surface area contributed by atoms with E-state index in [1.54, 1.807) is 30.3 Å². The molecule has 2 aromatic rings. The third-order valence-electron chi connectivity index (χ3n) is 4.09. The van der Waals surface area contributed by atoms with Crippen LogP contribution < -0.4 is 15.4 Å². The van der Waals surface area contributed by atoms with Gasteiger partial charge in [0.25, 0.3) is 5.91 Å². The zero-order chi connectivity index (χ0) is 20.0. The summed E-state index contributed by atoms with van der Waals surface area (Å²) >= 11 is 6.03. The minimum absolute atomic E-state index is 0.0391. The minimum atomic E-state index is -0.209. The van der Waals surface area contributed by atoms with Gasteiger partial charge in [0.1, 0.15) is 5.75 Å². The van der Waals surface area contributed by atoms with E-state index in [-0.39, 0.29) is 30.2 Å². The molecule has 0 aliphatic carbocycles. The van der Waals surface area contributed by atoms with Gasteiger partial charge < -0.3 is 15.4 Å². The van der Waals surface area contributed by atoms with Crippen LogP contribution in [-0.2, 0) is 10.2 Å². The van der Waals surface area contributed by atoms with Gasteiger partial charge in [0, 0.05) is 24.2 Å². The first-order valence-corrected chi connectivity index (χ1v) is 9.10. The van der Waals surface area contributed by atoms with Gasteiger partial charge in [0.15, 0.2) is 0 Å². The molecule has 2 aromatic carbocycles. The van der Waals surface area contributed by atoms with Crippen LogP contribution in [0.25, 0.3) is 0 Å². The zero-order valence-electron chi connectivity index (χ0n) is 16.1. The highest BCUT2D eigenvalue weighted by atomic mass is 35.5. The van der Waals surface area contributed by atoms with Crippen molar-refractivity contribution in [1.82, 2.24) is 5.32 Å². The summed E-state index contributed by atoms with van der Waals surface area (Å²) < 4.78 is 5.07. The van der Waals surface area contributed by atoms with E-state index in [0.29, 0.717) is 22.0 Å². The van der Waals surface area contributed by atoms with Crippen LogP contribution in [0.1, 0.15) is 43.1 Å². The second-order valence-corrected chi connectivity index (χ2v) is 7.64. The van der Waals surface area contributed by atoms with Crippen molar-refractivity contribution in [1.29, 1.82) is 0 Å². The lowest BCUT2D eigenvalue weighted by atomic mass is 9.87. The van der Waals surface area contributed by atoms with Gasteiger partial charge in [0.05, 0.1) is 12.1 Å². The standard InChI is InChI=1S/C21H25ClN2O3/c1-21(2,3)15-7-5-14(6-8-15)20(26)23-12-11-19(25)24-16-9-10-18(27-4)17(22)13-16/h5-10,13H,11-12H2,1-4H3,(H,23,26)(H,24,25). The molecule has 2 rings (SSSR count). The lowest BCUT2D eigenvalue weighted by Gasteiger charge is -2.19. The number of hydrogen-bond acceptors (Lipinski definition) is 3. The highest BCUT2D eigenvalue weighted by Gasteiger charge is 2.14. The van der Waals surface area contributed by atoms with Crippen LogP contribution in [0.2, 0.25) is 5.02 Å². The number of ether oxygens (including phenoxy) is 1. The molecule has 0 aromatic heterocycles. The van der Waals surface area contributed by atoms with Crippen molar-refractivity contribution in [2.24, 2.45) is 0 Å². The molecule has 0 aliphatic rings. The summed E-state index contributed by atoms with van der Waals surface area (Å²) in [4.78, 5) is 24.2. The molecule has 0 atom stereocenters. The number of hydrogen-bond donors (Lipinski definition) is 2. The second-order valence-electron chi connectivity index (χ2n) is 7.23. The number of carbonyl (C=O) groups excluding carboxylic acids is 2. The van der Waals surface area contributed by atoms with Crippen molar-refractivity contribution in [3.63, 3.8) is 0 Å². The van der Waals surface area contributed by atoms with Gasteiger partial charge in [-0.2, -0.15) is 0 Å². The van der Waals surface area contributed by atoms with E-state index in [0.717, 1.165) is 5.56 Å². The zero-order valence-corrected chi connectivity index (χ0v) is 16.8. The van der Waals surface area contributed by atoms with Crippen LogP contribution in [0.15, 0.2) is 42.5 Å². The van der Waals surface area contributed by atoms with Gasteiger partial charge in [-0.3, -0.25) is 9.59 Å². The molecule has 0 saturated heterocycles. The van der Waals surface area contributed by atoms with Crippen molar-refractivity contribution >= 4 is 29.1 Å². The van der Waals surface area contributed by atoms with E-state index in [1.807, 2.05) is 12.1 Å².